The van der Waals surface area contributed by atoms with E-state index in [9.17, 15) is 9.59 Å². The Balaban J connectivity index is 1.39. The number of aromatic nitrogens is 3. The molecule has 1 aromatic carbocycles. The number of benzene rings is 1. The molecule has 1 saturated carbocycles. The van der Waals surface area contributed by atoms with E-state index >= 15 is 0 Å². The van der Waals surface area contributed by atoms with E-state index in [-0.39, 0.29) is 23.5 Å². The number of H-pyrrole nitrogens is 1. The maximum Gasteiger partial charge on any atom is 0.223 e. The lowest BCUT2D eigenvalue weighted by Crippen LogP contribution is -2.40. The molecule has 3 aromatic rings. The Hall–Kier alpha value is -3.28. The maximum absolute atomic E-state index is 13.2. The molecule has 30 heavy (non-hydrogen) atoms. The van der Waals surface area contributed by atoms with Gasteiger partial charge in [0.1, 0.15) is 0 Å². The van der Waals surface area contributed by atoms with Gasteiger partial charge in [-0.3, -0.25) is 19.7 Å². The average Bonchev–Trinajstić information content (AvgIpc) is 3.34. The molecular weight excluding hydrogens is 376 g/mol. The number of ketones is 1. The number of carbonyl (C=O) groups is 2. The fourth-order valence-electron chi connectivity index (χ4n) is 4.19. The lowest BCUT2D eigenvalue weighted by molar-refractivity contribution is -0.127. The molecule has 2 atom stereocenters. The van der Waals surface area contributed by atoms with Gasteiger partial charge < -0.3 is 5.32 Å². The minimum Gasteiger partial charge on any atom is -0.355 e. The van der Waals surface area contributed by atoms with E-state index in [4.69, 9.17) is 0 Å². The number of nitrogens with one attached hydrogen (secondary N) is 2. The Morgan fingerprint density at radius 2 is 1.77 bits per heavy atom. The van der Waals surface area contributed by atoms with Crippen LogP contribution in [0, 0.1) is 11.8 Å². The second kappa shape index (κ2) is 9.48. The van der Waals surface area contributed by atoms with Crippen LogP contribution in [0.25, 0.3) is 11.3 Å². The molecule has 6 heteroatoms. The van der Waals surface area contributed by atoms with E-state index in [0.29, 0.717) is 18.5 Å². The van der Waals surface area contributed by atoms with Crippen molar-refractivity contribution in [2.24, 2.45) is 11.8 Å². The average molecular weight is 402 g/mol. The van der Waals surface area contributed by atoms with Gasteiger partial charge in [0.15, 0.2) is 5.78 Å². The highest BCUT2D eigenvalue weighted by Gasteiger charge is 2.35. The molecule has 0 spiro atoms. The summed E-state index contributed by atoms with van der Waals surface area (Å²) in [6.45, 7) is 0.534. The lowest BCUT2D eigenvalue weighted by Gasteiger charge is -2.29. The Labute approximate surface area is 176 Å². The van der Waals surface area contributed by atoms with Crippen LogP contribution in [0.3, 0.4) is 0 Å². The summed E-state index contributed by atoms with van der Waals surface area (Å²) < 4.78 is 0. The van der Waals surface area contributed by atoms with Crippen molar-refractivity contribution >= 4 is 11.7 Å². The summed E-state index contributed by atoms with van der Waals surface area (Å²) in [6.07, 6.45) is 7.64. The van der Waals surface area contributed by atoms with Gasteiger partial charge in [-0.05, 0) is 36.6 Å². The van der Waals surface area contributed by atoms with Crippen LogP contribution in [0.5, 0.6) is 0 Å². The van der Waals surface area contributed by atoms with Crippen molar-refractivity contribution in [3.63, 3.8) is 0 Å². The third-order valence-electron chi connectivity index (χ3n) is 5.83. The van der Waals surface area contributed by atoms with Gasteiger partial charge in [-0.25, -0.2) is 0 Å². The predicted octanol–water partition coefficient (Wildman–Crippen LogP) is 3.82. The number of pyridine rings is 1. The highest BCUT2D eigenvalue weighted by atomic mass is 16.2. The van der Waals surface area contributed by atoms with Gasteiger partial charge >= 0.3 is 0 Å². The summed E-state index contributed by atoms with van der Waals surface area (Å²) in [6, 6.07) is 15.2. The molecule has 6 nitrogen and oxygen atoms in total. The SMILES string of the molecule is O=C(NCCc1ccccn1)[C@@H]1CCCC[C@H]1C(=O)c1ccc(-c2ccn[nH]2)cc1. The van der Waals surface area contributed by atoms with Crippen molar-refractivity contribution in [2.75, 3.05) is 6.54 Å². The summed E-state index contributed by atoms with van der Waals surface area (Å²) in [5.41, 5.74) is 3.51. The smallest absolute Gasteiger partial charge is 0.223 e. The van der Waals surface area contributed by atoms with Crippen LogP contribution in [0.15, 0.2) is 60.9 Å². The Bertz CT molecular complexity index is 968. The van der Waals surface area contributed by atoms with Crippen LogP contribution < -0.4 is 5.32 Å². The molecular formula is C24H26N4O2. The molecule has 2 heterocycles. The molecule has 1 amide bonds. The van der Waals surface area contributed by atoms with E-state index in [2.05, 4.69) is 20.5 Å². The Morgan fingerprint density at radius 1 is 0.967 bits per heavy atom. The second-order valence-electron chi connectivity index (χ2n) is 7.77. The third kappa shape index (κ3) is 4.64. The van der Waals surface area contributed by atoms with Crippen LogP contribution in [-0.4, -0.2) is 33.4 Å². The number of carbonyl (C=O) groups excluding carboxylic acids is 2. The molecule has 0 saturated heterocycles. The molecule has 0 unspecified atom stereocenters. The largest absolute Gasteiger partial charge is 0.355 e. The quantitative estimate of drug-likeness (QED) is 0.588. The van der Waals surface area contributed by atoms with Crippen LogP contribution in [0.2, 0.25) is 0 Å². The molecule has 154 valence electrons. The summed E-state index contributed by atoms with van der Waals surface area (Å²) in [5, 5.41) is 9.91. The first-order valence-electron chi connectivity index (χ1n) is 10.5. The molecule has 1 fully saturated rings. The van der Waals surface area contributed by atoms with Crippen LogP contribution >= 0.6 is 0 Å². The van der Waals surface area contributed by atoms with Crippen molar-refractivity contribution in [3.05, 3.63) is 72.2 Å². The Kier molecular flexibility index (Phi) is 6.32. The summed E-state index contributed by atoms with van der Waals surface area (Å²) in [7, 11) is 0. The summed E-state index contributed by atoms with van der Waals surface area (Å²) >= 11 is 0. The number of nitrogens with zero attached hydrogens (tertiary/aromatic N) is 2. The van der Waals surface area contributed by atoms with Crippen LogP contribution in [-0.2, 0) is 11.2 Å². The molecule has 1 aliphatic rings. The van der Waals surface area contributed by atoms with Crippen molar-refractivity contribution in [3.8, 4) is 11.3 Å². The third-order valence-corrected chi connectivity index (χ3v) is 5.83. The van der Waals surface area contributed by atoms with E-state index < -0.39 is 0 Å². The van der Waals surface area contributed by atoms with Crippen molar-refractivity contribution in [2.45, 2.75) is 32.1 Å². The van der Waals surface area contributed by atoms with Crippen LogP contribution in [0.4, 0.5) is 0 Å². The van der Waals surface area contributed by atoms with E-state index in [0.717, 1.165) is 42.6 Å². The minimum absolute atomic E-state index is 0.0157. The zero-order chi connectivity index (χ0) is 20.8. The molecule has 0 radical (unpaired) electrons. The van der Waals surface area contributed by atoms with Gasteiger partial charge in [-0.1, -0.05) is 43.2 Å². The molecule has 1 aliphatic carbocycles. The molecule has 4 rings (SSSR count). The monoisotopic (exact) mass is 402 g/mol. The molecule has 2 N–H and O–H groups in total. The Morgan fingerprint density at radius 3 is 2.47 bits per heavy atom. The highest BCUT2D eigenvalue weighted by molar-refractivity contribution is 6.01. The molecule has 2 aromatic heterocycles. The fraction of sp³-hybridized carbons (Fsp3) is 0.333. The fourth-order valence-corrected chi connectivity index (χ4v) is 4.19. The molecule has 0 bridgehead atoms. The van der Waals surface area contributed by atoms with Gasteiger partial charge in [0.2, 0.25) is 5.91 Å². The first kappa shape index (κ1) is 20.0. The molecule has 0 aliphatic heterocycles. The standard InChI is InChI=1S/C24H26N4O2/c29-23(18-10-8-17(9-11-18)22-13-16-27-28-22)20-6-1-2-7-21(20)24(30)26-15-12-19-5-3-4-14-25-19/h3-5,8-11,13-14,16,20-21H,1-2,6-7,12,15H2,(H,26,30)(H,27,28)/t20-,21-/m1/s1. The number of aromatic amines is 1. The van der Waals surface area contributed by atoms with E-state index in [1.807, 2.05) is 48.5 Å². The number of Topliss-reactive ketones (excluding diaryl/α,β-unsaturated/α-hetero) is 1. The van der Waals surface area contributed by atoms with Gasteiger partial charge in [0, 0.05) is 48.5 Å². The predicted molar refractivity (Wildman–Crippen MR) is 115 cm³/mol. The van der Waals surface area contributed by atoms with Gasteiger partial charge in [-0.15, -0.1) is 0 Å². The maximum atomic E-state index is 13.2. The number of amides is 1. The second-order valence-corrected chi connectivity index (χ2v) is 7.77. The lowest BCUT2D eigenvalue weighted by atomic mass is 9.75. The topological polar surface area (TPSA) is 87.7 Å². The van der Waals surface area contributed by atoms with Gasteiger partial charge in [0.25, 0.3) is 0 Å². The van der Waals surface area contributed by atoms with Crippen molar-refractivity contribution < 1.29 is 9.59 Å². The summed E-state index contributed by atoms with van der Waals surface area (Å²) in [4.78, 5) is 30.3. The van der Waals surface area contributed by atoms with Crippen molar-refractivity contribution in [1.29, 1.82) is 0 Å². The number of hydrogen-bond acceptors (Lipinski definition) is 4. The van der Waals surface area contributed by atoms with Crippen molar-refractivity contribution in [1.82, 2.24) is 20.5 Å². The van der Waals surface area contributed by atoms with Gasteiger partial charge in [0.05, 0.1) is 5.69 Å². The van der Waals surface area contributed by atoms with Gasteiger partial charge in [-0.2, -0.15) is 5.10 Å². The zero-order valence-corrected chi connectivity index (χ0v) is 16.9. The first-order chi connectivity index (χ1) is 14.7. The summed E-state index contributed by atoms with van der Waals surface area (Å²) in [5.74, 6) is -0.470. The normalized spacial score (nSPS) is 18.7. The zero-order valence-electron chi connectivity index (χ0n) is 16.9. The minimum atomic E-state index is -0.262. The van der Waals surface area contributed by atoms with E-state index in [1.54, 1.807) is 12.4 Å². The highest BCUT2D eigenvalue weighted by Crippen LogP contribution is 2.33. The number of hydrogen-bond donors (Lipinski definition) is 2. The van der Waals surface area contributed by atoms with E-state index in [1.165, 1.54) is 0 Å². The first-order valence-corrected chi connectivity index (χ1v) is 10.5. The number of rotatable bonds is 7. The van der Waals surface area contributed by atoms with Crippen LogP contribution in [0.1, 0.15) is 41.7 Å².